The van der Waals surface area contributed by atoms with Crippen molar-refractivity contribution in [3.05, 3.63) is 98.8 Å². The van der Waals surface area contributed by atoms with Gasteiger partial charge >= 0.3 is 0 Å². The van der Waals surface area contributed by atoms with Gasteiger partial charge in [-0.15, -0.1) is 11.3 Å². The highest BCUT2D eigenvalue weighted by molar-refractivity contribution is 7.14. The first-order chi connectivity index (χ1) is 15.1. The van der Waals surface area contributed by atoms with Gasteiger partial charge in [0.1, 0.15) is 12.4 Å². The van der Waals surface area contributed by atoms with Gasteiger partial charge in [0.15, 0.2) is 0 Å². The number of thiazole rings is 1. The molecule has 0 radical (unpaired) electrons. The molecular formula is C24H19Cl2N3OS. The highest BCUT2D eigenvalue weighted by Crippen LogP contribution is 2.32. The number of aromatic nitrogens is 1. The average Bonchev–Trinajstić information content (AvgIpc) is 3.23. The van der Waals surface area contributed by atoms with Crippen molar-refractivity contribution in [1.82, 2.24) is 4.98 Å². The van der Waals surface area contributed by atoms with Gasteiger partial charge in [-0.2, -0.15) is 5.10 Å². The van der Waals surface area contributed by atoms with Gasteiger partial charge < -0.3 is 4.74 Å². The molecule has 0 aliphatic rings. The van der Waals surface area contributed by atoms with E-state index in [0.717, 1.165) is 28.1 Å². The molecule has 0 aliphatic heterocycles. The summed E-state index contributed by atoms with van der Waals surface area (Å²) in [5.74, 6) is 0.815. The van der Waals surface area contributed by atoms with Gasteiger partial charge in [-0.05, 0) is 60.5 Å². The third-order valence-corrected chi connectivity index (χ3v) is 5.79. The Hall–Kier alpha value is -2.86. The highest BCUT2D eigenvalue weighted by atomic mass is 35.5. The van der Waals surface area contributed by atoms with Gasteiger partial charge in [-0.25, -0.2) is 4.98 Å². The minimum atomic E-state index is 0.541. The van der Waals surface area contributed by atoms with Crippen molar-refractivity contribution in [2.45, 2.75) is 13.5 Å². The SMILES string of the molecule is Cc1ccc(COc2ccc(/C=N/Nc3nc(-c4ccc(Cl)cc4Cl)cs3)cc2)cc1. The fourth-order valence-corrected chi connectivity index (χ4v) is 3.97. The smallest absolute Gasteiger partial charge is 0.203 e. The van der Waals surface area contributed by atoms with Gasteiger partial charge in [0.05, 0.1) is 16.9 Å². The Kier molecular flexibility index (Phi) is 6.87. The van der Waals surface area contributed by atoms with Crippen LogP contribution in [0.2, 0.25) is 10.0 Å². The van der Waals surface area contributed by atoms with E-state index in [1.807, 2.05) is 35.7 Å². The molecule has 7 heteroatoms. The monoisotopic (exact) mass is 467 g/mol. The van der Waals surface area contributed by atoms with Crippen LogP contribution in [0, 0.1) is 6.92 Å². The molecule has 0 saturated carbocycles. The molecule has 0 saturated heterocycles. The number of nitrogens with one attached hydrogen (secondary N) is 1. The van der Waals surface area contributed by atoms with Crippen LogP contribution in [-0.4, -0.2) is 11.2 Å². The Morgan fingerprint density at radius 3 is 2.55 bits per heavy atom. The van der Waals surface area contributed by atoms with E-state index < -0.39 is 0 Å². The van der Waals surface area contributed by atoms with E-state index in [2.05, 4.69) is 46.7 Å². The molecule has 0 fully saturated rings. The van der Waals surface area contributed by atoms with Crippen molar-refractivity contribution < 1.29 is 4.74 Å². The number of halogens is 2. The van der Waals surface area contributed by atoms with Crippen LogP contribution in [0.25, 0.3) is 11.3 Å². The van der Waals surface area contributed by atoms with Gasteiger partial charge in [0.2, 0.25) is 5.13 Å². The second-order valence-corrected chi connectivity index (χ2v) is 8.58. The summed E-state index contributed by atoms with van der Waals surface area (Å²) >= 11 is 13.7. The molecular weight excluding hydrogens is 449 g/mol. The second kappa shape index (κ2) is 9.96. The molecule has 4 aromatic rings. The molecule has 1 heterocycles. The number of benzene rings is 3. The molecule has 0 aliphatic carbocycles. The van der Waals surface area contributed by atoms with Crippen molar-refractivity contribution >= 4 is 45.9 Å². The summed E-state index contributed by atoms with van der Waals surface area (Å²) in [7, 11) is 0. The molecule has 4 rings (SSSR count). The number of ether oxygens (including phenoxy) is 1. The molecule has 31 heavy (non-hydrogen) atoms. The summed E-state index contributed by atoms with van der Waals surface area (Å²) in [6, 6.07) is 21.4. The fraction of sp³-hybridized carbons (Fsp3) is 0.0833. The van der Waals surface area contributed by atoms with E-state index in [1.165, 1.54) is 16.9 Å². The van der Waals surface area contributed by atoms with Crippen molar-refractivity contribution in [3.63, 3.8) is 0 Å². The first-order valence-electron chi connectivity index (χ1n) is 9.55. The normalized spacial score (nSPS) is 11.1. The third kappa shape index (κ3) is 5.85. The van der Waals surface area contributed by atoms with E-state index in [-0.39, 0.29) is 0 Å². The summed E-state index contributed by atoms with van der Waals surface area (Å²) in [6.45, 7) is 2.61. The minimum absolute atomic E-state index is 0.541. The summed E-state index contributed by atoms with van der Waals surface area (Å²) in [5, 5.41) is 8.03. The molecule has 1 aromatic heterocycles. The highest BCUT2D eigenvalue weighted by Gasteiger charge is 2.08. The van der Waals surface area contributed by atoms with E-state index >= 15 is 0 Å². The maximum atomic E-state index is 6.25. The van der Waals surface area contributed by atoms with Crippen LogP contribution in [0.4, 0.5) is 5.13 Å². The Morgan fingerprint density at radius 1 is 1.03 bits per heavy atom. The zero-order valence-electron chi connectivity index (χ0n) is 16.7. The lowest BCUT2D eigenvalue weighted by molar-refractivity contribution is 0.306. The van der Waals surface area contributed by atoms with Gasteiger partial charge in [0, 0.05) is 16.0 Å². The standard InChI is InChI=1S/C24H19Cl2N3OS/c1-16-2-4-18(5-3-16)14-30-20-9-6-17(7-10-20)13-27-29-24-28-23(15-31-24)21-11-8-19(25)12-22(21)26/h2-13,15H,14H2,1H3,(H,28,29)/b27-13+. The van der Waals surface area contributed by atoms with Crippen LogP contribution in [0.1, 0.15) is 16.7 Å². The molecule has 0 unspecified atom stereocenters. The lowest BCUT2D eigenvalue weighted by atomic mass is 10.2. The quantitative estimate of drug-likeness (QED) is 0.226. The number of aryl methyl sites for hydroxylation is 1. The lowest BCUT2D eigenvalue weighted by Crippen LogP contribution is -1.95. The molecule has 156 valence electrons. The second-order valence-electron chi connectivity index (χ2n) is 6.88. The molecule has 0 spiro atoms. The van der Waals surface area contributed by atoms with E-state index in [0.29, 0.717) is 21.8 Å². The zero-order valence-corrected chi connectivity index (χ0v) is 19.0. The summed E-state index contributed by atoms with van der Waals surface area (Å²) in [4.78, 5) is 4.52. The lowest BCUT2D eigenvalue weighted by Gasteiger charge is -2.06. The minimum Gasteiger partial charge on any atom is -0.489 e. The predicted molar refractivity (Wildman–Crippen MR) is 131 cm³/mol. The first kappa shape index (κ1) is 21.4. The van der Waals surface area contributed by atoms with Crippen LogP contribution in [-0.2, 0) is 6.61 Å². The fourth-order valence-electron chi connectivity index (χ4n) is 2.81. The predicted octanol–water partition coefficient (Wildman–Crippen LogP) is 7.45. The van der Waals surface area contributed by atoms with Gasteiger partial charge in [0.25, 0.3) is 0 Å². The number of nitrogens with zero attached hydrogens (tertiary/aromatic N) is 2. The van der Waals surface area contributed by atoms with Crippen LogP contribution < -0.4 is 10.2 Å². The molecule has 4 nitrogen and oxygen atoms in total. The van der Waals surface area contributed by atoms with E-state index in [9.17, 15) is 0 Å². The van der Waals surface area contributed by atoms with E-state index in [4.69, 9.17) is 27.9 Å². The van der Waals surface area contributed by atoms with Crippen molar-refractivity contribution in [2.24, 2.45) is 5.10 Å². The average molecular weight is 468 g/mol. The Labute approximate surface area is 195 Å². The molecule has 0 atom stereocenters. The van der Waals surface area contributed by atoms with Crippen LogP contribution in [0.3, 0.4) is 0 Å². The van der Waals surface area contributed by atoms with Crippen molar-refractivity contribution in [2.75, 3.05) is 5.43 Å². The number of hydrogen-bond donors (Lipinski definition) is 1. The Bertz CT molecular complexity index is 1190. The number of anilines is 1. The Morgan fingerprint density at radius 2 is 1.81 bits per heavy atom. The van der Waals surface area contributed by atoms with Crippen molar-refractivity contribution in [1.29, 1.82) is 0 Å². The largest absolute Gasteiger partial charge is 0.489 e. The molecule has 0 amide bonds. The molecule has 3 aromatic carbocycles. The van der Waals surface area contributed by atoms with Crippen LogP contribution in [0.15, 0.2) is 77.2 Å². The summed E-state index contributed by atoms with van der Waals surface area (Å²) in [5.41, 5.74) is 7.90. The molecule has 0 bridgehead atoms. The van der Waals surface area contributed by atoms with Crippen LogP contribution in [0.5, 0.6) is 5.75 Å². The molecule has 1 N–H and O–H groups in total. The number of hydrazone groups is 1. The summed E-state index contributed by atoms with van der Waals surface area (Å²) in [6.07, 6.45) is 1.74. The maximum Gasteiger partial charge on any atom is 0.203 e. The zero-order chi connectivity index (χ0) is 21.6. The van der Waals surface area contributed by atoms with Crippen LogP contribution >= 0.6 is 34.5 Å². The number of hydrogen-bond acceptors (Lipinski definition) is 5. The summed E-state index contributed by atoms with van der Waals surface area (Å²) < 4.78 is 5.83. The van der Waals surface area contributed by atoms with Gasteiger partial charge in [-0.1, -0.05) is 53.0 Å². The number of rotatable bonds is 7. The van der Waals surface area contributed by atoms with Crippen molar-refractivity contribution in [3.8, 4) is 17.0 Å². The first-order valence-corrected chi connectivity index (χ1v) is 11.2. The van der Waals surface area contributed by atoms with E-state index in [1.54, 1.807) is 18.3 Å². The Balaban J connectivity index is 1.32. The van der Waals surface area contributed by atoms with Gasteiger partial charge in [-0.3, -0.25) is 5.43 Å². The topological polar surface area (TPSA) is 46.5 Å². The third-order valence-electron chi connectivity index (χ3n) is 4.49. The maximum absolute atomic E-state index is 6.25.